The molecule has 0 bridgehead atoms. The van der Waals surface area contributed by atoms with Crippen LogP contribution in [0.1, 0.15) is 40.9 Å². The van der Waals surface area contributed by atoms with Gasteiger partial charge in [0.15, 0.2) is 0 Å². The molecule has 0 fully saturated rings. The van der Waals surface area contributed by atoms with E-state index in [1.165, 1.54) is 10.8 Å². The van der Waals surface area contributed by atoms with Crippen LogP contribution in [0.3, 0.4) is 0 Å². The van der Waals surface area contributed by atoms with E-state index in [1.54, 1.807) is 18.2 Å². The lowest BCUT2D eigenvalue weighted by Crippen LogP contribution is -2.47. The van der Waals surface area contributed by atoms with Crippen molar-refractivity contribution in [1.82, 2.24) is 4.90 Å². The number of carbonyl (C=O) groups excluding carboxylic acids is 1. The van der Waals surface area contributed by atoms with Crippen LogP contribution in [0.5, 0.6) is 0 Å². The normalized spacial score (nSPS) is 11.5. The molecule has 6 heteroatoms. The molecular weight excluding hydrogens is 443 g/mol. The molecule has 1 amide bonds. The first-order chi connectivity index (χ1) is 14.6. The number of hydrogen-bond acceptors (Lipinski definition) is 2. The van der Waals surface area contributed by atoms with Gasteiger partial charge in [0.2, 0.25) is 0 Å². The zero-order chi connectivity index (χ0) is 22.8. The highest BCUT2D eigenvalue weighted by Gasteiger charge is 2.34. The van der Waals surface area contributed by atoms with Gasteiger partial charge in [-0.3, -0.25) is 4.79 Å². The SMILES string of the molecule is Cc1cc([SiH3])ccc1C(C)(C)N(CCc1ccc(Cl)cc1)C(=O)c1cc(Cl)ccc1N. The molecule has 0 atom stereocenters. The topological polar surface area (TPSA) is 46.3 Å². The summed E-state index contributed by atoms with van der Waals surface area (Å²) < 4.78 is 0. The summed E-state index contributed by atoms with van der Waals surface area (Å²) in [5.41, 5.74) is 9.89. The Bertz CT molecular complexity index is 1100. The van der Waals surface area contributed by atoms with Crippen LogP contribution in [0.4, 0.5) is 5.69 Å². The summed E-state index contributed by atoms with van der Waals surface area (Å²) in [5.74, 6) is -0.131. The van der Waals surface area contributed by atoms with Gasteiger partial charge in [0.05, 0.1) is 11.1 Å². The minimum Gasteiger partial charge on any atom is -0.398 e. The van der Waals surface area contributed by atoms with Gasteiger partial charge in [0.1, 0.15) is 0 Å². The molecule has 0 aliphatic carbocycles. The Labute approximate surface area is 197 Å². The number of hydrogen-bond donors (Lipinski definition) is 1. The van der Waals surface area contributed by atoms with Crippen molar-refractivity contribution in [2.75, 3.05) is 12.3 Å². The quantitative estimate of drug-likeness (QED) is 0.425. The third kappa shape index (κ3) is 5.32. The summed E-state index contributed by atoms with van der Waals surface area (Å²) in [6.07, 6.45) is 0.699. The lowest BCUT2D eigenvalue weighted by atomic mass is 9.87. The average molecular weight is 472 g/mol. The molecule has 0 aliphatic heterocycles. The molecule has 0 saturated carbocycles. The molecule has 3 nitrogen and oxygen atoms in total. The summed E-state index contributed by atoms with van der Waals surface area (Å²) in [6, 6.07) is 19.3. The third-order valence-electron chi connectivity index (χ3n) is 5.74. The number of amides is 1. The summed E-state index contributed by atoms with van der Waals surface area (Å²) in [4.78, 5) is 15.7. The molecule has 0 aromatic heterocycles. The van der Waals surface area contributed by atoms with Gasteiger partial charge in [-0.2, -0.15) is 0 Å². The maximum atomic E-state index is 13.8. The van der Waals surface area contributed by atoms with Gasteiger partial charge in [-0.05, 0) is 74.2 Å². The molecular formula is C25H28Cl2N2OSi. The van der Waals surface area contributed by atoms with E-state index < -0.39 is 5.54 Å². The second kappa shape index (κ2) is 9.47. The van der Waals surface area contributed by atoms with E-state index in [2.05, 4.69) is 39.0 Å². The highest BCUT2D eigenvalue weighted by Crippen LogP contribution is 2.33. The first-order valence-electron chi connectivity index (χ1n) is 10.3. The molecule has 0 spiro atoms. The minimum atomic E-state index is -0.544. The number of aryl methyl sites for hydroxylation is 1. The number of anilines is 1. The van der Waals surface area contributed by atoms with E-state index >= 15 is 0 Å². The van der Waals surface area contributed by atoms with Gasteiger partial charge in [0.25, 0.3) is 5.91 Å². The van der Waals surface area contributed by atoms with Crippen molar-refractivity contribution in [3.05, 3.63) is 93.0 Å². The highest BCUT2D eigenvalue weighted by molar-refractivity contribution is 6.32. The van der Waals surface area contributed by atoms with Crippen LogP contribution in [0.2, 0.25) is 10.0 Å². The molecule has 162 valence electrons. The van der Waals surface area contributed by atoms with E-state index in [9.17, 15) is 4.79 Å². The number of nitrogen functional groups attached to an aromatic ring is 1. The third-order valence-corrected chi connectivity index (χ3v) is 6.85. The van der Waals surface area contributed by atoms with Gasteiger partial charge in [-0.25, -0.2) is 0 Å². The predicted molar refractivity (Wildman–Crippen MR) is 136 cm³/mol. The zero-order valence-corrected chi connectivity index (χ0v) is 21.9. The van der Waals surface area contributed by atoms with Crippen LogP contribution in [-0.2, 0) is 12.0 Å². The molecule has 0 unspecified atom stereocenters. The summed E-state index contributed by atoms with van der Waals surface area (Å²) in [7, 11) is 0.989. The summed E-state index contributed by atoms with van der Waals surface area (Å²) >= 11 is 12.2. The van der Waals surface area contributed by atoms with E-state index in [0.717, 1.165) is 21.4 Å². The summed E-state index contributed by atoms with van der Waals surface area (Å²) in [5, 5.41) is 2.52. The Morgan fingerprint density at radius 2 is 1.65 bits per heavy atom. The van der Waals surface area contributed by atoms with Gasteiger partial charge in [0, 0.05) is 32.5 Å². The van der Waals surface area contributed by atoms with E-state index in [0.29, 0.717) is 34.3 Å². The van der Waals surface area contributed by atoms with Crippen molar-refractivity contribution in [2.45, 2.75) is 32.7 Å². The van der Waals surface area contributed by atoms with Gasteiger partial charge in [-0.15, -0.1) is 0 Å². The highest BCUT2D eigenvalue weighted by atomic mass is 35.5. The van der Waals surface area contributed by atoms with Crippen molar-refractivity contribution in [1.29, 1.82) is 0 Å². The first-order valence-corrected chi connectivity index (χ1v) is 12.0. The molecule has 0 saturated heterocycles. The van der Waals surface area contributed by atoms with E-state index in [4.69, 9.17) is 28.9 Å². The molecule has 0 heterocycles. The minimum absolute atomic E-state index is 0.131. The molecule has 3 aromatic rings. The van der Waals surface area contributed by atoms with Crippen molar-refractivity contribution in [3.63, 3.8) is 0 Å². The van der Waals surface area contributed by atoms with Crippen molar-refractivity contribution >= 4 is 50.2 Å². The monoisotopic (exact) mass is 470 g/mol. The fraction of sp³-hybridized carbons (Fsp3) is 0.240. The number of nitrogens with two attached hydrogens (primary N) is 1. The smallest absolute Gasteiger partial charge is 0.256 e. The fourth-order valence-electron chi connectivity index (χ4n) is 4.03. The van der Waals surface area contributed by atoms with Crippen LogP contribution >= 0.6 is 23.2 Å². The first kappa shape index (κ1) is 23.4. The van der Waals surface area contributed by atoms with E-state index in [1.807, 2.05) is 29.2 Å². The van der Waals surface area contributed by atoms with E-state index in [-0.39, 0.29) is 5.91 Å². The number of halogens is 2. The number of rotatable bonds is 6. The van der Waals surface area contributed by atoms with Gasteiger partial charge >= 0.3 is 0 Å². The molecule has 0 aliphatic rings. The van der Waals surface area contributed by atoms with Crippen LogP contribution < -0.4 is 10.9 Å². The fourth-order valence-corrected chi connectivity index (χ4v) is 4.93. The zero-order valence-electron chi connectivity index (χ0n) is 18.4. The largest absolute Gasteiger partial charge is 0.398 e. The second-order valence-electron chi connectivity index (χ2n) is 8.44. The maximum Gasteiger partial charge on any atom is 0.256 e. The lowest BCUT2D eigenvalue weighted by molar-refractivity contribution is 0.0544. The number of carbonyl (C=O) groups is 1. The van der Waals surface area contributed by atoms with Gasteiger partial charge in [-0.1, -0.05) is 58.7 Å². The van der Waals surface area contributed by atoms with Gasteiger partial charge < -0.3 is 10.6 Å². The molecule has 2 N–H and O–H groups in total. The predicted octanol–water partition coefficient (Wildman–Crippen LogP) is 4.49. The maximum absolute atomic E-state index is 13.8. The average Bonchev–Trinajstić information content (AvgIpc) is 2.70. The summed E-state index contributed by atoms with van der Waals surface area (Å²) in [6.45, 7) is 6.81. The van der Waals surface area contributed by atoms with Crippen LogP contribution in [0.25, 0.3) is 0 Å². The second-order valence-corrected chi connectivity index (χ2v) is 10.5. The number of benzene rings is 3. The lowest BCUT2D eigenvalue weighted by Gasteiger charge is -2.40. The Kier molecular flexibility index (Phi) is 7.15. The molecule has 3 rings (SSSR count). The van der Waals surface area contributed by atoms with Crippen molar-refractivity contribution in [2.24, 2.45) is 0 Å². The molecule has 31 heavy (non-hydrogen) atoms. The van der Waals surface area contributed by atoms with Crippen molar-refractivity contribution < 1.29 is 4.79 Å². The van der Waals surface area contributed by atoms with Crippen LogP contribution in [0.15, 0.2) is 60.7 Å². The Balaban J connectivity index is 2.02. The Morgan fingerprint density at radius 1 is 1.00 bits per heavy atom. The number of nitrogens with zero attached hydrogens (tertiary/aromatic N) is 1. The molecule has 3 aromatic carbocycles. The Hall–Kier alpha value is -2.27. The van der Waals surface area contributed by atoms with Crippen LogP contribution in [0, 0.1) is 6.92 Å². The Morgan fingerprint density at radius 3 is 2.29 bits per heavy atom. The standard InChI is InChI=1S/C25H28Cl2N2OSi/c1-16-14-20(31)9-10-22(16)25(2,3)29(13-12-17-4-6-18(26)7-5-17)24(30)21-15-19(27)8-11-23(21)28/h4-11,14-15H,12-13,28H2,1-3,31H3. The van der Waals surface area contributed by atoms with Crippen molar-refractivity contribution in [3.8, 4) is 0 Å². The van der Waals surface area contributed by atoms with Crippen LogP contribution in [-0.4, -0.2) is 27.6 Å². The molecule has 0 radical (unpaired) electrons.